The summed E-state index contributed by atoms with van der Waals surface area (Å²) in [5.74, 6) is 1.62. The molecule has 0 radical (unpaired) electrons. The molecule has 0 amide bonds. The lowest BCUT2D eigenvalue weighted by molar-refractivity contribution is 0.105. The molecule has 2 aromatic rings. The number of benzene rings is 1. The van der Waals surface area contributed by atoms with Crippen LogP contribution in [0, 0.1) is 0 Å². The summed E-state index contributed by atoms with van der Waals surface area (Å²) in [7, 11) is 1.76. The van der Waals surface area contributed by atoms with Gasteiger partial charge in [-0.3, -0.25) is 4.99 Å². The fraction of sp³-hybridized carbons (Fsp3) is 0.421. The van der Waals surface area contributed by atoms with Gasteiger partial charge < -0.3 is 24.5 Å². The summed E-state index contributed by atoms with van der Waals surface area (Å²) in [5, 5.41) is 6.48. The maximum atomic E-state index is 5.63. The minimum Gasteiger partial charge on any atom is -0.467 e. The van der Waals surface area contributed by atoms with Gasteiger partial charge in [0.1, 0.15) is 12.4 Å². The van der Waals surface area contributed by atoms with Crippen LogP contribution >= 0.6 is 0 Å². The molecule has 6 nitrogen and oxygen atoms in total. The predicted molar refractivity (Wildman–Crippen MR) is 98.4 cm³/mol. The number of hydrogen-bond acceptors (Lipinski definition) is 4. The Kier molecular flexibility index (Phi) is 9.21. The van der Waals surface area contributed by atoms with Crippen molar-refractivity contribution >= 4 is 5.96 Å². The number of nitrogens with zero attached hydrogens (tertiary/aromatic N) is 1. The Hall–Kier alpha value is -2.31. The number of furan rings is 1. The average molecular weight is 345 g/mol. The summed E-state index contributed by atoms with van der Waals surface area (Å²) in [4.78, 5) is 4.19. The number of ether oxygens (including phenoxy) is 2. The molecule has 0 atom stereocenters. The molecule has 0 aliphatic carbocycles. The van der Waals surface area contributed by atoms with Crippen LogP contribution in [0.1, 0.15) is 17.7 Å². The van der Waals surface area contributed by atoms with Crippen molar-refractivity contribution in [1.29, 1.82) is 0 Å². The van der Waals surface area contributed by atoms with Gasteiger partial charge in [0.05, 0.1) is 19.5 Å². The maximum Gasteiger partial charge on any atom is 0.191 e. The largest absolute Gasteiger partial charge is 0.467 e. The normalized spacial score (nSPS) is 11.5. The Morgan fingerprint density at radius 3 is 2.52 bits per heavy atom. The highest BCUT2D eigenvalue weighted by Gasteiger charge is 1.98. The van der Waals surface area contributed by atoms with Gasteiger partial charge in [0, 0.05) is 26.7 Å². The molecule has 25 heavy (non-hydrogen) atoms. The fourth-order valence-corrected chi connectivity index (χ4v) is 2.17. The van der Waals surface area contributed by atoms with E-state index in [0.717, 1.165) is 24.7 Å². The van der Waals surface area contributed by atoms with Crippen LogP contribution in [0.25, 0.3) is 0 Å². The first-order valence-electron chi connectivity index (χ1n) is 8.55. The smallest absolute Gasteiger partial charge is 0.191 e. The molecule has 2 N–H and O–H groups in total. The molecule has 0 saturated heterocycles. The molecule has 0 unspecified atom stereocenters. The van der Waals surface area contributed by atoms with Crippen molar-refractivity contribution in [3.05, 3.63) is 60.1 Å². The number of aliphatic imine (C=N–C) groups is 1. The van der Waals surface area contributed by atoms with Gasteiger partial charge in [-0.15, -0.1) is 0 Å². The van der Waals surface area contributed by atoms with Gasteiger partial charge in [-0.25, -0.2) is 0 Å². The Bertz CT molecular complexity index is 585. The molecule has 0 spiro atoms. The number of nitrogens with one attached hydrogen (secondary N) is 2. The first-order valence-corrected chi connectivity index (χ1v) is 8.55. The molecule has 2 rings (SSSR count). The number of hydrogen-bond donors (Lipinski definition) is 2. The van der Waals surface area contributed by atoms with Crippen LogP contribution in [0.3, 0.4) is 0 Å². The van der Waals surface area contributed by atoms with E-state index in [2.05, 4.69) is 27.8 Å². The highest BCUT2D eigenvalue weighted by Crippen LogP contribution is 2.01. The third-order valence-corrected chi connectivity index (χ3v) is 3.46. The summed E-state index contributed by atoms with van der Waals surface area (Å²) in [5.41, 5.74) is 1.18. The van der Waals surface area contributed by atoms with Crippen LogP contribution in [0.4, 0.5) is 0 Å². The van der Waals surface area contributed by atoms with Crippen molar-refractivity contribution in [3.63, 3.8) is 0 Å². The lowest BCUT2D eigenvalue weighted by Crippen LogP contribution is -2.39. The summed E-state index contributed by atoms with van der Waals surface area (Å²) in [6.07, 6.45) is 2.55. The molecule has 1 aromatic carbocycles. The van der Waals surface area contributed by atoms with Gasteiger partial charge in [-0.1, -0.05) is 30.3 Å². The summed E-state index contributed by atoms with van der Waals surface area (Å²) < 4.78 is 16.4. The zero-order chi connectivity index (χ0) is 17.6. The Balaban J connectivity index is 1.45. The van der Waals surface area contributed by atoms with E-state index < -0.39 is 0 Å². The summed E-state index contributed by atoms with van der Waals surface area (Å²) in [6.45, 7) is 3.94. The molecule has 0 fully saturated rings. The van der Waals surface area contributed by atoms with E-state index in [4.69, 9.17) is 13.9 Å². The Labute approximate surface area is 149 Å². The van der Waals surface area contributed by atoms with Crippen LogP contribution < -0.4 is 10.6 Å². The van der Waals surface area contributed by atoms with Gasteiger partial charge >= 0.3 is 0 Å². The molecule has 0 aliphatic heterocycles. The average Bonchev–Trinajstić information content (AvgIpc) is 3.17. The second kappa shape index (κ2) is 12.1. The lowest BCUT2D eigenvalue weighted by atomic mass is 10.2. The van der Waals surface area contributed by atoms with E-state index in [0.29, 0.717) is 33.0 Å². The first-order chi connectivity index (χ1) is 12.4. The van der Waals surface area contributed by atoms with Gasteiger partial charge in [-0.2, -0.15) is 0 Å². The van der Waals surface area contributed by atoms with Crippen LogP contribution in [0.5, 0.6) is 0 Å². The van der Waals surface area contributed by atoms with Crippen LogP contribution in [-0.2, 0) is 22.7 Å². The minimum atomic E-state index is 0.513. The van der Waals surface area contributed by atoms with Gasteiger partial charge in [-0.05, 0) is 24.1 Å². The molecule has 0 saturated carbocycles. The molecule has 0 aliphatic rings. The second-order valence-corrected chi connectivity index (χ2v) is 5.45. The zero-order valence-corrected chi connectivity index (χ0v) is 14.7. The Morgan fingerprint density at radius 1 is 0.960 bits per heavy atom. The van der Waals surface area contributed by atoms with Gasteiger partial charge in [0.25, 0.3) is 0 Å². The zero-order valence-electron chi connectivity index (χ0n) is 14.7. The van der Waals surface area contributed by atoms with Crippen molar-refractivity contribution in [3.8, 4) is 0 Å². The van der Waals surface area contributed by atoms with E-state index >= 15 is 0 Å². The fourth-order valence-electron chi connectivity index (χ4n) is 2.17. The number of rotatable bonds is 11. The molecule has 1 aromatic heterocycles. The third kappa shape index (κ3) is 8.37. The molecule has 0 bridgehead atoms. The molecule has 1 heterocycles. The highest BCUT2D eigenvalue weighted by molar-refractivity contribution is 5.79. The van der Waals surface area contributed by atoms with E-state index in [1.54, 1.807) is 13.3 Å². The second-order valence-electron chi connectivity index (χ2n) is 5.45. The van der Waals surface area contributed by atoms with Crippen LogP contribution in [0.15, 0.2) is 58.1 Å². The van der Waals surface area contributed by atoms with Crippen molar-refractivity contribution in [2.45, 2.75) is 19.6 Å². The van der Waals surface area contributed by atoms with E-state index in [9.17, 15) is 0 Å². The minimum absolute atomic E-state index is 0.513. The summed E-state index contributed by atoms with van der Waals surface area (Å²) in [6, 6.07) is 13.9. The lowest BCUT2D eigenvalue weighted by Gasteiger charge is -2.12. The first kappa shape index (κ1) is 19.0. The highest BCUT2D eigenvalue weighted by atomic mass is 16.5. The topological polar surface area (TPSA) is 68.0 Å². The van der Waals surface area contributed by atoms with Crippen molar-refractivity contribution in [2.75, 3.05) is 33.4 Å². The monoisotopic (exact) mass is 345 g/mol. The van der Waals surface area contributed by atoms with E-state index in [-0.39, 0.29) is 0 Å². The standard InChI is InChI=1S/C19H27N3O3/c1-20-19(21-10-6-12-23-16-18-9-5-13-25-18)22-11-14-24-15-17-7-3-2-4-8-17/h2-5,7-9,13H,6,10-12,14-16H2,1H3,(H2,20,21,22). The van der Waals surface area contributed by atoms with Crippen molar-refractivity contribution < 1.29 is 13.9 Å². The molecular formula is C19H27N3O3. The molecular weight excluding hydrogens is 318 g/mol. The quantitative estimate of drug-likeness (QED) is 0.372. The van der Waals surface area contributed by atoms with Gasteiger partial charge in [0.15, 0.2) is 5.96 Å². The van der Waals surface area contributed by atoms with Crippen LogP contribution in [-0.4, -0.2) is 39.3 Å². The SMILES string of the molecule is CN=C(NCCCOCc1ccco1)NCCOCc1ccccc1. The third-order valence-electron chi connectivity index (χ3n) is 3.46. The number of guanidine groups is 1. The maximum absolute atomic E-state index is 5.63. The van der Waals surface area contributed by atoms with E-state index in [1.807, 2.05) is 30.3 Å². The van der Waals surface area contributed by atoms with Crippen molar-refractivity contribution in [1.82, 2.24) is 10.6 Å². The van der Waals surface area contributed by atoms with E-state index in [1.165, 1.54) is 5.56 Å². The predicted octanol–water partition coefficient (Wildman–Crippen LogP) is 2.57. The molecule has 136 valence electrons. The summed E-state index contributed by atoms with van der Waals surface area (Å²) >= 11 is 0. The van der Waals surface area contributed by atoms with Crippen LogP contribution in [0.2, 0.25) is 0 Å². The molecule has 6 heteroatoms. The Morgan fingerprint density at radius 2 is 1.76 bits per heavy atom. The van der Waals surface area contributed by atoms with Gasteiger partial charge in [0.2, 0.25) is 0 Å². The van der Waals surface area contributed by atoms with Crippen molar-refractivity contribution in [2.24, 2.45) is 4.99 Å².